The molecule has 2 aromatic heterocycles. The van der Waals surface area contributed by atoms with Crippen LogP contribution in [0, 0.1) is 5.82 Å². The van der Waals surface area contributed by atoms with Gasteiger partial charge in [-0.15, -0.1) is 0 Å². The normalized spacial score (nSPS) is 14.1. The van der Waals surface area contributed by atoms with Crippen LogP contribution in [-0.4, -0.2) is 27.2 Å². The molecule has 0 saturated heterocycles. The lowest BCUT2D eigenvalue weighted by atomic mass is 9.91. The minimum Gasteiger partial charge on any atom is -0.432 e. The number of pyridine rings is 1. The third-order valence-electron chi connectivity index (χ3n) is 5.12. The van der Waals surface area contributed by atoms with Crippen molar-refractivity contribution in [3.63, 3.8) is 0 Å². The molecule has 1 saturated carbocycles. The summed E-state index contributed by atoms with van der Waals surface area (Å²) < 4.78 is 44.9. The molecule has 152 valence electrons. The quantitative estimate of drug-likeness (QED) is 0.570. The molecule has 29 heavy (non-hydrogen) atoms. The van der Waals surface area contributed by atoms with E-state index in [1.165, 1.54) is 18.6 Å². The lowest BCUT2D eigenvalue weighted by Gasteiger charge is -2.38. The van der Waals surface area contributed by atoms with Crippen molar-refractivity contribution in [3.8, 4) is 17.0 Å². The van der Waals surface area contributed by atoms with E-state index in [9.17, 15) is 13.2 Å². The number of aromatic nitrogens is 3. The van der Waals surface area contributed by atoms with Gasteiger partial charge < -0.3 is 14.2 Å². The summed E-state index contributed by atoms with van der Waals surface area (Å²) in [5.74, 6) is -0.407. The summed E-state index contributed by atoms with van der Waals surface area (Å²) in [5.41, 5.74) is 2.08. The van der Waals surface area contributed by atoms with E-state index in [2.05, 4.69) is 19.6 Å². The van der Waals surface area contributed by atoms with E-state index >= 15 is 0 Å². The molecule has 2 heterocycles. The Kier molecular flexibility index (Phi) is 5.42. The van der Waals surface area contributed by atoms with Gasteiger partial charge in [0, 0.05) is 37.6 Å². The molecular weight excluding hydrogens is 381 g/mol. The summed E-state index contributed by atoms with van der Waals surface area (Å²) in [6.07, 6.45) is 8.90. The number of ether oxygens (including phenoxy) is 1. The zero-order valence-corrected chi connectivity index (χ0v) is 15.9. The lowest BCUT2D eigenvalue weighted by Crippen LogP contribution is -2.40. The summed E-state index contributed by atoms with van der Waals surface area (Å²) in [7, 11) is 1.94. The molecular formula is C21H21F3N4O. The van der Waals surface area contributed by atoms with E-state index in [4.69, 9.17) is 0 Å². The van der Waals surface area contributed by atoms with Crippen LogP contribution < -0.4 is 9.64 Å². The molecule has 0 spiro atoms. The fourth-order valence-corrected chi connectivity index (χ4v) is 3.42. The Morgan fingerprint density at radius 2 is 2.03 bits per heavy atom. The molecule has 8 heteroatoms. The Morgan fingerprint density at radius 3 is 2.69 bits per heavy atom. The maximum Gasteiger partial charge on any atom is 0.387 e. The van der Waals surface area contributed by atoms with Gasteiger partial charge in [0.05, 0.1) is 12.0 Å². The topological polar surface area (TPSA) is 43.2 Å². The van der Waals surface area contributed by atoms with E-state index in [1.54, 1.807) is 12.5 Å². The van der Waals surface area contributed by atoms with Gasteiger partial charge >= 0.3 is 6.61 Å². The van der Waals surface area contributed by atoms with Crippen LogP contribution >= 0.6 is 0 Å². The molecule has 5 nitrogen and oxygen atoms in total. The van der Waals surface area contributed by atoms with Crippen molar-refractivity contribution < 1.29 is 17.9 Å². The SMILES string of the molecule is Cn1cnc(N(Cc2ccnc(-c3ccc(F)c(OC(F)F)c3)c2)C2CCC2)c1. The molecule has 3 aromatic rings. The van der Waals surface area contributed by atoms with Crippen molar-refractivity contribution >= 4 is 5.82 Å². The first kappa shape index (κ1) is 19.3. The van der Waals surface area contributed by atoms with Crippen molar-refractivity contribution in [2.45, 2.75) is 38.5 Å². The predicted molar refractivity (Wildman–Crippen MR) is 103 cm³/mol. The number of hydrogen-bond donors (Lipinski definition) is 0. The van der Waals surface area contributed by atoms with Crippen LogP contribution in [0.3, 0.4) is 0 Å². The zero-order valence-electron chi connectivity index (χ0n) is 15.9. The number of halogens is 3. The van der Waals surface area contributed by atoms with Crippen molar-refractivity contribution in [3.05, 3.63) is 60.4 Å². The van der Waals surface area contributed by atoms with Gasteiger partial charge in [0.15, 0.2) is 11.6 Å². The molecule has 0 bridgehead atoms. The Hall–Kier alpha value is -3.03. The van der Waals surface area contributed by atoms with E-state index in [0.29, 0.717) is 23.8 Å². The highest BCUT2D eigenvalue weighted by Crippen LogP contribution is 2.31. The van der Waals surface area contributed by atoms with Crippen molar-refractivity contribution in [1.29, 1.82) is 0 Å². The second kappa shape index (κ2) is 8.14. The standard InChI is InChI=1S/C21H21F3N4O/c1-27-12-20(26-13-27)28(16-3-2-4-16)11-14-7-8-25-18(9-14)15-5-6-17(22)19(10-15)29-21(23)24/h5-10,12-13,16,21H,2-4,11H2,1H3. The molecule has 0 unspecified atom stereocenters. The minimum absolute atomic E-state index is 0.443. The largest absolute Gasteiger partial charge is 0.432 e. The Morgan fingerprint density at radius 1 is 1.21 bits per heavy atom. The van der Waals surface area contributed by atoms with E-state index in [1.807, 2.05) is 29.9 Å². The van der Waals surface area contributed by atoms with Gasteiger partial charge in [-0.1, -0.05) is 0 Å². The molecule has 0 atom stereocenters. The second-order valence-corrected chi connectivity index (χ2v) is 7.18. The van der Waals surface area contributed by atoms with Crippen LogP contribution in [0.25, 0.3) is 11.3 Å². The third-order valence-corrected chi connectivity index (χ3v) is 5.12. The number of rotatable bonds is 7. The molecule has 1 aliphatic carbocycles. The van der Waals surface area contributed by atoms with Crippen molar-refractivity contribution in [2.24, 2.45) is 7.05 Å². The summed E-state index contributed by atoms with van der Waals surface area (Å²) in [4.78, 5) is 11.1. The monoisotopic (exact) mass is 402 g/mol. The smallest absolute Gasteiger partial charge is 0.387 e. The molecule has 0 radical (unpaired) electrons. The van der Waals surface area contributed by atoms with Crippen LogP contribution in [-0.2, 0) is 13.6 Å². The van der Waals surface area contributed by atoms with Gasteiger partial charge in [-0.05, 0) is 55.2 Å². The van der Waals surface area contributed by atoms with Gasteiger partial charge in [0.1, 0.15) is 5.82 Å². The molecule has 4 rings (SSSR count). The Balaban J connectivity index is 1.60. The van der Waals surface area contributed by atoms with Crippen molar-refractivity contribution in [1.82, 2.24) is 14.5 Å². The molecule has 1 fully saturated rings. The van der Waals surface area contributed by atoms with Gasteiger partial charge in [0.25, 0.3) is 0 Å². The highest BCUT2D eigenvalue weighted by molar-refractivity contribution is 5.62. The molecule has 0 amide bonds. The number of alkyl halides is 2. The fraction of sp³-hybridized carbons (Fsp3) is 0.333. The minimum atomic E-state index is -3.09. The molecule has 0 N–H and O–H groups in total. The molecule has 1 aromatic carbocycles. The second-order valence-electron chi connectivity index (χ2n) is 7.18. The van der Waals surface area contributed by atoms with E-state index < -0.39 is 18.2 Å². The highest BCUT2D eigenvalue weighted by atomic mass is 19.3. The predicted octanol–water partition coefficient (Wildman–Crippen LogP) is 4.78. The number of imidazole rings is 1. The maximum absolute atomic E-state index is 13.7. The summed E-state index contributed by atoms with van der Waals surface area (Å²) in [5, 5.41) is 0. The number of hydrogen-bond acceptors (Lipinski definition) is 4. The van der Waals surface area contributed by atoms with Crippen LogP contribution in [0.5, 0.6) is 5.75 Å². The van der Waals surface area contributed by atoms with Crippen molar-refractivity contribution in [2.75, 3.05) is 4.90 Å². The molecule has 0 aliphatic heterocycles. The average molecular weight is 402 g/mol. The Labute approximate surface area is 166 Å². The summed E-state index contributed by atoms with van der Waals surface area (Å²) in [6.45, 7) is -2.44. The average Bonchev–Trinajstić information content (AvgIpc) is 3.08. The van der Waals surface area contributed by atoms with Gasteiger partial charge in [-0.25, -0.2) is 9.37 Å². The number of benzene rings is 1. The van der Waals surface area contributed by atoms with Gasteiger partial charge in [-0.3, -0.25) is 4.98 Å². The van der Waals surface area contributed by atoms with Crippen LogP contribution in [0.4, 0.5) is 19.0 Å². The van der Waals surface area contributed by atoms with Gasteiger partial charge in [-0.2, -0.15) is 8.78 Å². The number of anilines is 1. The fourth-order valence-electron chi connectivity index (χ4n) is 3.42. The highest BCUT2D eigenvalue weighted by Gasteiger charge is 2.26. The number of aryl methyl sites for hydroxylation is 1. The van der Waals surface area contributed by atoms with E-state index in [0.717, 1.165) is 30.3 Å². The first-order valence-corrected chi connectivity index (χ1v) is 9.44. The van der Waals surface area contributed by atoms with Crippen LogP contribution in [0.15, 0.2) is 49.1 Å². The first-order valence-electron chi connectivity index (χ1n) is 9.44. The van der Waals surface area contributed by atoms with Gasteiger partial charge in [0.2, 0.25) is 0 Å². The maximum atomic E-state index is 13.7. The summed E-state index contributed by atoms with van der Waals surface area (Å²) in [6, 6.07) is 8.10. The summed E-state index contributed by atoms with van der Waals surface area (Å²) >= 11 is 0. The molecule has 1 aliphatic rings. The first-order chi connectivity index (χ1) is 14.0. The van der Waals surface area contributed by atoms with E-state index in [-0.39, 0.29) is 0 Å². The van der Waals surface area contributed by atoms with Crippen LogP contribution in [0.1, 0.15) is 24.8 Å². The van der Waals surface area contributed by atoms with Crippen LogP contribution in [0.2, 0.25) is 0 Å². The zero-order chi connectivity index (χ0) is 20.4. The number of nitrogens with zero attached hydrogens (tertiary/aromatic N) is 4. The third kappa shape index (κ3) is 4.36. The Bertz CT molecular complexity index is 988. The lowest BCUT2D eigenvalue weighted by molar-refractivity contribution is -0.0521.